The molecule has 0 saturated heterocycles. The maximum absolute atomic E-state index is 12.8. The topological polar surface area (TPSA) is 72.4 Å². The van der Waals surface area contributed by atoms with E-state index in [1.807, 2.05) is 32.9 Å². The van der Waals surface area contributed by atoms with Crippen molar-refractivity contribution in [2.24, 2.45) is 5.41 Å². The van der Waals surface area contributed by atoms with Crippen LogP contribution in [0.15, 0.2) is 30.7 Å². The van der Waals surface area contributed by atoms with E-state index in [1.54, 1.807) is 33.2 Å². The molecule has 2 amide bonds. The Hall–Kier alpha value is -2.28. The third-order valence-electron chi connectivity index (χ3n) is 3.13. The van der Waals surface area contributed by atoms with Crippen molar-refractivity contribution in [3.8, 4) is 10.6 Å². The van der Waals surface area contributed by atoms with Crippen LogP contribution in [0.4, 0.5) is 9.80 Å². The van der Waals surface area contributed by atoms with E-state index in [0.29, 0.717) is 10.0 Å². The van der Waals surface area contributed by atoms with Gasteiger partial charge in [-0.2, -0.15) is 0 Å². The predicted molar refractivity (Wildman–Crippen MR) is 103 cm³/mol. The summed E-state index contributed by atoms with van der Waals surface area (Å²) in [5, 5.41) is 1.12. The van der Waals surface area contributed by atoms with E-state index in [1.165, 1.54) is 17.5 Å². The first kappa shape index (κ1) is 20.0. The number of amides is 2. The normalized spacial score (nSPS) is 11.9. The van der Waals surface area contributed by atoms with Gasteiger partial charge in [-0.05, 0) is 38.3 Å². The van der Waals surface area contributed by atoms with E-state index >= 15 is 0 Å². The number of nitrogens with zero attached hydrogens (tertiary/aromatic N) is 3. The van der Waals surface area contributed by atoms with Crippen LogP contribution in [-0.4, -0.2) is 27.6 Å². The molecule has 0 aliphatic rings. The van der Waals surface area contributed by atoms with Crippen LogP contribution in [0.25, 0.3) is 10.6 Å². The third-order valence-corrected chi connectivity index (χ3v) is 4.16. The first-order chi connectivity index (χ1) is 12.0. The number of carbonyl (C=O) groups is 2. The molecule has 7 heteroatoms. The second-order valence-electron chi connectivity index (χ2n) is 8.19. The lowest BCUT2D eigenvalue weighted by Crippen LogP contribution is -2.41. The standard InChI is InChI=1S/C19H25N3O3S/c1-18(2,3)10-14(23)22(17(24)25-19(4,5)6)15-12-21-16(26-15)13-8-7-9-20-11-13/h7-9,11-12H,10H2,1-6H3. The van der Waals surface area contributed by atoms with Crippen molar-refractivity contribution < 1.29 is 14.3 Å². The second kappa shape index (κ2) is 7.53. The summed E-state index contributed by atoms with van der Waals surface area (Å²) < 4.78 is 5.44. The molecular weight excluding hydrogens is 350 g/mol. The highest BCUT2D eigenvalue weighted by Crippen LogP contribution is 2.33. The molecule has 2 aromatic heterocycles. The average molecular weight is 375 g/mol. The van der Waals surface area contributed by atoms with Gasteiger partial charge in [-0.25, -0.2) is 14.7 Å². The fourth-order valence-corrected chi connectivity index (χ4v) is 3.06. The number of anilines is 1. The molecule has 0 N–H and O–H groups in total. The smallest absolute Gasteiger partial charge is 0.422 e. The molecule has 0 unspecified atom stereocenters. The summed E-state index contributed by atoms with van der Waals surface area (Å²) in [5.41, 5.74) is -0.126. The van der Waals surface area contributed by atoms with Crippen LogP contribution < -0.4 is 4.90 Å². The Morgan fingerprint density at radius 3 is 2.38 bits per heavy atom. The number of aromatic nitrogens is 2. The molecule has 2 aromatic rings. The van der Waals surface area contributed by atoms with E-state index in [2.05, 4.69) is 9.97 Å². The Labute approximate surface area is 158 Å². The van der Waals surface area contributed by atoms with Crippen molar-refractivity contribution in [1.29, 1.82) is 0 Å². The lowest BCUT2D eigenvalue weighted by atomic mass is 9.92. The molecule has 0 atom stereocenters. The van der Waals surface area contributed by atoms with Crippen molar-refractivity contribution >= 4 is 28.3 Å². The number of pyridine rings is 1. The molecular formula is C19H25N3O3S. The molecule has 2 rings (SSSR count). The Morgan fingerprint density at radius 2 is 1.85 bits per heavy atom. The third kappa shape index (κ3) is 5.62. The summed E-state index contributed by atoms with van der Waals surface area (Å²) in [5.74, 6) is -0.312. The largest absolute Gasteiger partial charge is 0.443 e. The molecule has 0 saturated carbocycles. The number of rotatable bonds is 3. The molecule has 0 aliphatic carbocycles. The van der Waals surface area contributed by atoms with E-state index in [-0.39, 0.29) is 17.7 Å². The maximum atomic E-state index is 12.8. The highest BCUT2D eigenvalue weighted by atomic mass is 32.1. The maximum Gasteiger partial charge on any atom is 0.422 e. The molecule has 26 heavy (non-hydrogen) atoms. The monoisotopic (exact) mass is 375 g/mol. The van der Waals surface area contributed by atoms with Gasteiger partial charge in [-0.15, -0.1) is 0 Å². The van der Waals surface area contributed by atoms with Crippen LogP contribution in [0.1, 0.15) is 48.0 Å². The van der Waals surface area contributed by atoms with Crippen molar-refractivity contribution in [1.82, 2.24) is 9.97 Å². The van der Waals surface area contributed by atoms with Gasteiger partial charge in [0.05, 0.1) is 6.20 Å². The Kier molecular flexibility index (Phi) is 5.81. The molecule has 0 spiro atoms. The lowest BCUT2D eigenvalue weighted by molar-refractivity contribution is -0.120. The number of ether oxygens (including phenoxy) is 1. The summed E-state index contributed by atoms with van der Waals surface area (Å²) >= 11 is 1.26. The van der Waals surface area contributed by atoms with Crippen molar-refractivity contribution in [3.05, 3.63) is 30.7 Å². The zero-order valence-electron chi connectivity index (χ0n) is 16.1. The number of thiazole rings is 1. The number of hydrogen-bond acceptors (Lipinski definition) is 6. The average Bonchev–Trinajstić information content (AvgIpc) is 2.94. The highest BCUT2D eigenvalue weighted by molar-refractivity contribution is 7.19. The fourth-order valence-electron chi connectivity index (χ4n) is 2.15. The Balaban J connectivity index is 2.36. The quantitative estimate of drug-likeness (QED) is 0.762. The molecule has 0 aromatic carbocycles. The predicted octanol–water partition coefficient (Wildman–Crippen LogP) is 4.91. The van der Waals surface area contributed by atoms with Gasteiger partial charge in [0.25, 0.3) is 0 Å². The SMILES string of the molecule is CC(C)(C)CC(=O)N(C(=O)OC(C)(C)C)c1cnc(-c2cccnc2)s1. The summed E-state index contributed by atoms with van der Waals surface area (Å²) in [6.45, 7) is 11.2. The van der Waals surface area contributed by atoms with Gasteiger partial charge in [0, 0.05) is 24.4 Å². The lowest BCUT2D eigenvalue weighted by Gasteiger charge is -2.27. The first-order valence-electron chi connectivity index (χ1n) is 8.38. The van der Waals surface area contributed by atoms with E-state index < -0.39 is 11.7 Å². The van der Waals surface area contributed by atoms with Crippen LogP contribution in [0.2, 0.25) is 0 Å². The Morgan fingerprint density at radius 1 is 1.15 bits per heavy atom. The summed E-state index contributed by atoms with van der Waals surface area (Å²) in [7, 11) is 0. The van der Waals surface area contributed by atoms with Gasteiger partial charge in [-0.1, -0.05) is 32.1 Å². The van der Waals surface area contributed by atoms with Crippen molar-refractivity contribution in [2.45, 2.75) is 53.6 Å². The molecule has 0 aliphatic heterocycles. The first-order valence-corrected chi connectivity index (χ1v) is 9.20. The molecule has 2 heterocycles. The molecule has 140 valence electrons. The van der Waals surface area contributed by atoms with Gasteiger partial charge >= 0.3 is 6.09 Å². The van der Waals surface area contributed by atoms with Crippen LogP contribution in [0, 0.1) is 5.41 Å². The zero-order chi connectivity index (χ0) is 19.5. The zero-order valence-corrected chi connectivity index (χ0v) is 16.9. The molecule has 0 radical (unpaired) electrons. The molecule has 0 bridgehead atoms. The summed E-state index contributed by atoms with van der Waals surface area (Å²) in [4.78, 5) is 35.0. The number of hydrogen-bond donors (Lipinski definition) is 0. The van der Waals surface area contributed by atoms with Gasteiger partial charge in [0.1, 0.15) is 15.6 Å². The van der Waals surface area contributed by atoms with Gasteiger partial charge in [-0.3, -0.25) is 9.78 Å². The fraction of sp³-hybridized carbons (Fsp3) is 0.474. The van der Waals surface area contributed by atoms with E-state index in [9.17, 15) is 9.59 Å². The van der Waals surface area contributed by atoms with Crippen LogP contribution in [-0.2, 0) is 9.53 Å². The minimum Gasteiger partial charge on any atom is -0.443 e. The van der Waals surface area contributed by atoms with Gasteiger partial charge < -0.3 is 4.74 Å². The number of imide groups is 1. The van der Waals surface area contributed by atoms with E-state index in [0.717, 1.165) is 10.5 Å². The minimum atomic E-state index is -0.700. The van der Waals surface area contributed by atoms with Crippen molar-refractivity contribution in [3.63, 3.8) is 0 Å². The summed E-state index contributed by atoms with van der Waals surface area (Å²) in [6.07, 6.45) is 4.42. The van der Waals surface area contributed by atoms with Gasteiger partial charge in [0.2, 0.25) is 5.91 Å². The minimum absolute atomic E-state index is 0.215. The van der Waals surface area contributed by atoms with Crippen LogP contribution in [0.3, 0.4) is 0 Å². The molecule has 6 nitrogen and oxygen atoms in total. The molecule has 0 fully saturated rings. The van der Waals surface area contributed by atoms with Crippen LogP contribution >= 0.6 is 11.3 Å². The van der Waals surface area contributed by atoms with Gasteiger partial charge in [0.15, 0.2) is 0 Å². The second-order valence-corrected chi connectivity index (χ2v) is 9.20. The van der Waals surface area contributed by atoms with Crippen LogP contribution in [0.5, 0.6) is 0 Å². The van der Waals surface area contributed by atoms with Crippen molar-refractivity contribution in [2.75, 3.05) is 4.90 Å². The highest BCUT2D eigenvalue weighted by Gasteiger charge is 2.32. The summed E-state index contributed by atoms with van der Waals surface area (Å²) in [6, 6.07) is 3.69. The van der Waals surface area contributed by atoms with E-state index in [4.69, 9.17) is 4.74 Å². The Bertz CT molecular complexity index is 745. The number of carbonyl (C=O) groups excluding carboxylic acids is 2.